The molecule has 0 aliphatic rings. The SMILES string of the molecule is COc1cc(C)nc2c(F)cc(C(C)N)cc12. The van der Waals surface area contributed by atoms with Crippen molar-refractivity contribution < 1.29 is 9.13 Å². The summed E-state index contributed by atoms with van der Waals surface area (Å²) in [4.78, 5) is 4.19. The number of nitrogens with two attached hydrogens (primary N) is 1. The number of benzene rings is 1. The van der Waals surface area contributed by atoms with Gasteiger partial charge in [-0.3, -0.25) is 0 Å². The van der Waals surface area contributed by atoms with Crippen LogP contribution in [0.25, 0.3) is 10.9 Å². The Hall–Kier alpha value is -1.68. The van der Waals surface area contributed by atoms with Crippen LogP contribution in [0.4, 0.5) is 4.39 Å². The zero-order valence-corrected chi connectivity index (χ0v) is 10.1. The van der Waals surface area contributed by atoms with E-state index in [1.54, 1.807) is 20.1 Å². The third-order valence-corrected chi connectivity index (χ3v) is 2.73. The fourth-order valence-corrected chi connectivity index (χ4v) is 1.83. The molecule has 17 heavy (non-hydrogen) atoms. The molecule has 0 saturated heterocycles. The molecule has 0 fully saturated rings. The summed E-state index contributed by atoms with van der Waals surface area (Å²) in [7, 11) is 1.56. The van der Waals surface area contributed by atoms with Gasteiger partial charge in [-0.25, -0.2) is 9.37 Å². The van der Waals surface area contributed by atoms with Crippen LogP contribution in [-0.4, -0.2) is 12.1 Å². The summed E-state index contributed by atoms with van der Waals surface area (Å²) in [6.45, 7) is 3.62. The molecular formula is C13H15FN2O. The number of aromatic nitrogens is 1. The van der Waals surface area contributed by atoms with Crippen LogP contribution < -0.4 is 10.5 Å². The van der Waals surface area contributed by atoms with Crippen LogP contribution >= 0.6 is 0 Å². The molecule has 1 atom stereocenters. The van der Waals surface area contributed by atoms with Gasteiger partial charge in [-0.05, 0) is 31.5 Å². The predicted octanol–water partition coefficient (Wildman–Crippen LogP) is 2.71. The molecule has 90 valence electrons. The van der Waals surface area contributed by atoms with Crippen molar-refractivity contribution in [1.29, 1.82) is 0 Å². The number of rotatable bonds is 2. The van der Waals surface area contributed by atoms with Crippen LogP contribution in [0, 0.1) is 12.7 Å². The molecule has 0 bridgehead atoms. The van der Waals surface area contributed by atoms with Crippen LogP contribution in [0.15, 0.2) is 18.2 Å². The highest BCUT2D eigenvalue weighted by Crippen LogP contribution is 2.29. The van der Waals surface area contributed by atoms with Gasteiger partial charge in [-0.1, -0.05) is 0 Å². The van der Waals surface area contributed by atoms with Crippen LogP contribution in [0.3, 0.4) is 0 Å². The van der Waals surface area contributed by atoms with E-state index in [2.05, 4.69) is 4.98 Å². The van der Waals surface area contributed by atoms with E-state index in [0.29, 0.717) is 16.7 Å². The Kier molecular flexibility index (Phi) is 2.98. The standard InChI is InChI=1S/C13H15FN2O/c1-7-4-12(17-3)10-5-9(8(2)15)6-11(14)13(10)16-7/h4-6,8H,15H2,1-3H3. The second-order valence-electron chi connectivity index (χ2n) is 4.15. The molecule has 1 heterocycles. The van der Waals surface area contributed by atoms with Crippen LogP contribution in [-0.2, 0) is 0 Å². The normalized spacial score (nSPS) is 12.8. The van der Waals surface area contributed by atoms with E-state index >= 15 is 0 Å². The van der Waals surface area contributed by atoms with Crippen LogP contribution in [0.1, 0.15) is 24.2 Å². The Morgan fingerprint density at radius 2 is 2.06 bits per heavy atom. The largest absolute Gasteiger partial charge is 0.496 e. The van der Waals surface area contributed by atoms with Gasteiger partial charge in [0.1, 0.15) is 17.1 Å². The van der Waals surface area contributed by atoms with Crippen molar-refractivity contribution in [3.63, 3.8) is 0 Å². The molecule has 0 saturated carbocycles. The number of fused-ring (bicyclic) bond motifs is 1. The minimum absolute atomic E-state index is 0.222. The third-order valence-electron chi connectivity index (χ3n) is 2.73. The minimum Gasteiger partial charge on any atom is -0.496 e. The lowest BCUT2D eigenvalue weighted by Gasteiger charge is -2.11. The summed E-state index contributed by atoms with van der Waals surface area (Å²) >= 11 is 0. The van der Waals surface area contributed by atoms with Gasteiger partial charge in [0.15, 0.2) is 0 Å². The lowest BCUT2D eigenvalue weighted by Crippen LogP contribution is -2.06. The van der Waals surface area contributed by atoms with Crippen molar-refractivity contribution in [3.05, 3.63) is 35.3 Å². The number of methoxy groups -OCH3 is 1. The van der Waals surface area contributed by atoms with Crippen LogP contribution in [0.2, 0.25) is 0 Å². The zero-order chi connectivity index (χ0) is 12.6. The summed E-state index contributed by atoms with van der Waals surface area (Å²) < 4.78 is 19.2. The van der Waals surface area contributed by atoms with Crippen molar-refractivity contribution in [2.75, 3.05) is 7.11 Å². The van der Waals surface area contributed by atoms with Gasteiger partial charge in [0.2, 0.25) is 0 Å². The summed E-state index contributed by atoms with van der Waals surface area (Å²) in [6, 6.07) is 4.82. The lowest BCUT2D eigenvalue weighted by atomic mass is 10.0. The van der Waals surface area contributed by atoms with Gasteiger partial charge in [-0.2, -0.15) is 0 Å². The van der Waals surface area contributed by atoms with Crippen molar-refractivity contribution in [1.82, 2.24) is 4.98 Å². The highest BCUT2D eigenvalue weighted by atomic mass is 19.1. The Balaban J connectivity index is 2.81. The summed E-state index contributed by atoms with van der Waals surface area (Å²) in [5.74, 6) is 0.255. The molecule has 0 aliphatic heterocycles. The number of hydrogen-bond acceptors (Lipinski definition) is 3. The maximum atomic E-state index is 13.9. The molecule has 1 aromatic heterocycles. The molecule has 2 N–H and O–H groups in total. The topological polar surface area (TPSA) is 48.1 Å². The average Bonchev–Trinajstić information content (AvgIpc) is 2.28. The van der Waals surface area contributed by atoms with Crippen molar-refractivity contribution in [2.45, 2.75) is 19.9 Å². The van der Waals surface area contributed by atoms with Gasteiger partial charge >= 0.3 is 0 Å². The van der Waals surface area contributed by atoms with E-state index in [9.17, 15) is 4.39 Å². The number of pyridine rings is 1. The van der Waals surface area contributed by atoms with Gasteiger partial charge in [0.05, 0.1) is 7.11 Å². The summed E-state index contributed by atoms with van der Waals surface area (Å²) in [5.41, 5.74) is 7.55. The van der Waals surface area contributed by atoms with Gasteiger partial charge < -0.3 is 10.5 Å². The average molecular weight is 234 g/mol. The van der Waals surface area contributed by atoms with Crippen molar-refractivity contribution in [2.24, 2.45) is 5.73 Å². The number of ether oxygens (including phenoxy) is 1. The molecule has 0 radical (unpaired) electrons. The van der Waals surface area contributed by atoms with E-state index in [4.69, 9.17) is 10.5 Å². The van der Waals surface area contributed by atoms with Gasteiger partial charge in [0, 0.05) is 23.2 Å². The van der Waals surface area contributed by atoms with E-state index in [1.807, 2.05) is 13.0 Å². The molecule has 2 rings (SSSR count). The molecule has 0 amide bonds. The van der Waals surface area contributed by atoms with E-state index in [0.717, 1.165) is 11.3 Å². The zero-order valence-electron chi connectivity index (χ0n) is 10.1. The smallest absolute Gasteiger partial charge is 0.149 e. The molecular weight excluding hydrogens is 219 g/mol. The lowest BCUT2D eigenvalue weighted by molar-refractivity contribution is 0.419. The maximum Gasteiger partial charge on any atom is 0.149 e. The maximum absolute atomic E-state index is 13.9. The number of halogens is 1. The third kappa shape index (κ3) is 2.08. The molecule has 0 aliphatic carbocycles. The highest BCUT2D eigenvalue weighted by molar-refractivity contribution is 5.86. The Morgan fingerprint density at radius 3 is 2.65 bits per heavy atom. The van der Waals surface area contributed by atoms with E-state index in [1.165, 1.54) is 6.07 Å². The fraction of sp³-hybridized carbons (Fsp3) is 0.308. The first-order valence-electron chi connectivity index (χ1n) is 5.43. The van der Waals surface area contributed by atoms with Gasteiger partial charge in [0.25, 0.3) is 0 Å². The van der Waals surface area contributed by atoms with Crippen molar-refractivity contribution in [3.8, 4) is 5.75 Å². The summed E-state index contributed by atoms with van der Waals surface area (Å²) in [5, 5.41) is 0.658. The molecule has 2 aromatic rings. The molecule has 3 nitrogen and oxygen atoms in total. The predicted molar refractivity (Wildman–Crippen MR) is 65.6 cm³/mol. The Morgan fingerprint density at radius 1 is 1.35 bits per heavy atom. The first kappa shape index (κ1) is 11.8. The first-order chi connectivity index (χ1) is 8.02. The highest BCUT2D eigenvalue weighted by Gasteiger charge is 2.12. The first-order valence-corrected chi connectivity index (χ1v) is 5.43. The van der Waals surface area contributed by atoms with Crippen LogP contribution in [0.5, 0.6) is 5.75 Å². The molecule has 1 aromatic carbocycles. The molecule has 4 heteroatoms. The van der Waals surface area contributed by atoms with Gasteiger partial charge in [-0.15, -0.1) is 0 Å². The Labute approximate surface area is 99.4 Å². The second-order valence-corrected chi connectivity index (χ2v) is 4.15. The van der Waals surface area contributed by atoms with E-state index < -0.39 is 0 Å². The van der Waals surface area contributed by atoms with E-state index in [-0.39, 0.29) is 11.9 Å². The summed E-state index contributed by atoms with van der Waals surface area (Å²) in [6.07, 6.45) is 0. The molecule has 0 spiro atoms. The second kappa shape index (κ2) is 4.30. The Bertz CT molecular complexity index is 567. The number of aryl methyl sites for hydroxylation is 1. The molecule has 1 unspecified atom stereocenters. The quantitative estimate of drug-likeness (QED) is 0.869. The minimum atomic E-state index is -0.364. The number of hydrogen-bond donors (Lipinski definition) is 1. The monoisotopic (exact) mass is 234 g/mol. The van der Waals surface area contributed by atoms with Crippen molar-refractivity contribution >= 4 is 10.9 Å². The number of nitrogens with zero attached hydrogens (tertiary/aromatic N) is 1. The fourth-order valence-electron chi connectivity index (χ4n) is 1.83.